The molecule has 5 N–H and O–H groups in total. The molecule has 214 valence electrons. The van der Waals surface area contributed by atoms with E-state index in [1.165, 1.54) is 0 Å². The van der Waals surface area contributed by atoms with Gasteiger partial charge in [-0.2, -0.15) is 8.42 Å². The fraction of sp³-hybridized carbons (Fsp3) is 0.929. The Kier molecular flexibility index (Phi) is 8.06. The molecule has 37 heavy (non-hydrogen) atoms. The van der Waals surface area contributed by atoms with Crippen molar-refractivity contribution in [2.75, 3.05) is 6.61 Å². The molecule has 0 aliphatic heterocycles. The van der Waals surface area contributed by atoms with Gasteiger partial charge in [0.05, 0.1) is 30.5 Å². The number of fused-ring (bicyclic) bond motifs is 5. The van der Waals surface area contributed by atoms with Gasteiger partial charge in [0.25, 0.3) is 0 Å². The first kappa shape index (κ1) is 29.4. The minimum Gasteiger partial charge on any atom is -0.393 e. The maximum atomic E-state index is 11.7. The molecule has 8 nitrogen and oxygen atoms in total. The summed E-state index contributed by atoms with van der Waals surface area (Å²) in [6.07, 6.45) is 6.56. The zero-order valence-electron chi connectivity index (χ0n) is 23.0. The molecular weight excluding hydrogens is 496 g/mol. The Morgan fingerprint density at radius 2 is 1.70 bits per heavy atom. The lowest BCUT2D eigenvalue weighted by molar-refractivity contribution is -0.268. The molecule has 4 aliphatic rings. The summed E-state index contributed by atoms with van der Waals surface area (Å²) < 4.78 is 35.7. The third-order valence-electron chi connectivity index (χ3n) is 11.5. The Balaban J connectivity index is 1.55. The van der Waals surface area contributed by atoms with E-state index in [1.54, 1.807) is 0 Å². The van der Waals surface area contributed by atoms with Crippen LogP contribution >= 0.6 is 0 Å². The molecule has 0 aromatic carbocycles. The van der Waals surface area contributed by atoms with E-state index >= 15 is 0 Å². The third-order valence-corrected chi connectivity index (χ3v) is 11.9. The van der Waals surface area contributed by atoms with Gasteiger partial charge in [0.1, 0.15) is 0 Å². The molecule has 4 fully saturated rings. The van der Waals surface area contributed by atoms with Crippen LogP contribution in [0, 0.1) is 52.3 Å². The molecule has 4 aliphatic carbocycles. The monoisotopic (exact) mass is 544 g/mol. The zero-order chi connectivity index (χ0) is 27.6. The highest BCUT2D eigenvalue weighted by Gasteiger charge is 2.68. The van der Waals surface area contributed by atoms with Gasteiger partial charge in [-0.15, -0.1) is 0 Å². The molecule has 0 aromatic heterocycles. The normalized spacial score (nSPS) is 47.9. The minimum absolute atomic E-state index is 0.0266. The van der Waals surface area contributed by atoms with Crippen molar-refractivity contribution in [1.82, 2.24) is 0 Å². The highest BCUT2D eigenvalue weighted by Crippen LogP contribution is 2.69. The number of hydrogen-bond acceptors (Lipinski definition) is 7. The summed E-state index contributed by atoms with van der Waals surface area (Å²) in [5.41, 5.74) is -1.91. The van der Waals surface area contributed by atoms with Crippen LogP contribution in [0.2, 0.25) is 0 Å². The van der Waals surface area contributed by atoms with Crippen LogP contribution < -0.4 is 0 Å². The predicted molar refractivity (Wildman–Crippen MR) is 140 cm³/mol. The van der Waals surface area contributed by atoms with E-state index in [2.05, 4.69) is 31.0 Å². The Hall–Kier alpha value is -0.550. The topological polar surface area (TPSA) is 145 Å². The fourth-order valence-corrected chi connectivity index (χ4v) is 9.61. The van der Waals surface area contributed by atoms with Gasteiger partial charge in [0.2, 0.25) is 0 Å². The highest BCUT2D eigenvalue weighted by atomic mass is 32.3. The smallest absolute Gasteiger partial charge is 0.393 e. The molecule has 0 amide bonds. The average Bonchev–Trinajstić information content (AvgIpc) is 3.05. The molecule has 0 saturated heterocycles. The molecule has 0 bridgehead atoms. The molecule has 0 radical (unpaired) electrons. The molecule has 4 rings (SSSR count). The van der Waals surface area contributed by atoms with Crippen LogP contribution in [-0.2, 0) is 14.6 Å². The van der Waals surface area contributed by atoms with Crippen molar-refractivity contribution in [3.63, 3.8) is 0 Å². The number of aliphatic hydroxyl groups is 4. The van der Waals surface area contributed by atoms with Crippen LogP contribution in [0.4, 0.5) is 0 Å². The van der Waals surface area contributed by atoms with Gasteiger partial charge in [-0.05, 0) is 79.4 Å². The summed E-state index contributed by atoms with van der Waals surface area (Å²) in [6.45, 7) is 10.3. The van der Waals surface area contributed by atoms with Crippen LogP contribution in [-0.4, -0.2) is 63.9 Å². The molecule has 12 unspecified atom stereocenters. The summed E-state index contributed by atoms with van der Waals surface area (Å²) in [5.74, 6) is 0.626. The summed E-state index contributed by atoms with van der Waals surface area (Å²) in [5, 5.41) is 44.6. The maximum Gasteiger partial charge on any atom is 0.397 e. The average molecular weight is 545 g/mol. The largest absolute Gasteiger partial charge is 0.397 e. The highest BCUT2D eigenvalue weighted by molar-refractivity contribution is 7.80. The standard InChI is InChI=1S/C28H48O8S/c1-16(2)18(15-36-37(33,34)35)7-6-17(3)22-13-23(30)25-20-12-24(31)28(32)14-19(29)8-11-27(28,5)21(20)9-10-26(22,25)4/h6-7,16-25,29-32H,8-15H2,1-5H3,(H,33,34,35). The van der Waals surface area contributed by atoms with Crippen LogP contribution in [0.3, 0.4) is 0 Å². The third kappa shape index (κ3) is 5.07. The number of allylic oxidation sites excluding steroid dienone is 1. The van der Waals surface area contributed by atoms with Gasteiger partial charge in [0.15, 0.2) is 0 Å². The quantitative estimate of drug-likeness (QED) is 0.242. The first-order chi connectivity index (χ1) is 17.0. The number of aliphatic hydroxyl groups excluding tert-OH is 3. The van der Waals surface area contributed by atoms with E-state index in [4.69, 9.17) is 4.55 Å². The second-order valence-electron chi connectivity index (χ2n) is 13.6. The lowest BCUT2D eigenvalue weighted by Gasteiger charge is -2.65. The first-order valence-electron chi connectivity index (χ1n) is 14.1. The predicted octanol–water partition coefficient (Wildman–Crippen LogP) is 3.35. The van der Waals surface area contributed by atoms with Crippen LogP contribution in [0.25, 0.3) is 0 Å². The van der Waals surface area contributed by atoms with Crippen molar-refractivity contribution < 1.29 is 37.6 Å². The minimum atomic E-state index is -4.50. The maximum absolute atomic E-state index is 11.7. The van der Waals surface area contributed by atoms with Gasteiger partial charge >= 0.3 is 10.4 Å². The van der Waals surface area contributed by atoms with Crippen molar-refractivity contribution in [1.29, 1.82) is 0 Å². The van der Waals surface area contributed by atoms with Crippen LogP contribution in [0.15, 0.2) is 12.2 Å². The molecule has 9 heteroatoms. The van der Waals surface area contributed by atoms with Crippen LogP contribution in [0.1, 0.15) is 79.6 Å². The van der Waals surface area contributed by atoms with Gasteiger partial charge < -0.3 is 20.4 Å². The van der Waals surface area contributed by atoms with Gasteiger partial charge in [0, 0.05) is 17.8 Å². The second-order valence-corrected chi connectivity index (χ2v) is 14.7. The molecule has 0 aromatic rings. The van der Waals surface area contributed by atoms with Crippen molar-refractivity contribution >= 4 is 10.4 Å². The Bertz CT molecular complexity index is 967. The molecule has 12 atom stereocenters. The van der Waals surface area contributed by atoms with Gasteiger partial charge in [-0.1, -0.05) is 46.8 Å². The molecule has 4 saturated carbocycles. The van der Waals surface area contributed by atoms with E-state index in [0.29, 0.717) is 25.7 Å². The fourth-order valence-electron chi connectivity index (χ4n) is 9.28. The number of hydrogen-bond donors (Lipinski definition) is 5. The summed E-state index contributed by atoms with van der Waals surface area (Å²) in [6, 6.07) is 0. The van der Waals surface area contributed by atoms with Gasteiger partial charge in [-0.25, -0.2) is 4.18 Å². The Morgan fingerprint density at radius 3 is 2.32 bits per heavy atom. The second kappa shape index (κ2) is 10.1. The van der Waals surface area contributed by atoms with E-state index < -0.39 is 39.7 Å². The lowest BCUT2D eigenvalue weighted by Crippen LogP contribution is -2.69. The summed E-state index contributed by atoms with van der Waals surface area (Å²) >= 11 is 0. The zero-order valence-corrected chi connectivity index (χ0v) is 23.8. The summed E-state index contributed by atoms with van der Waals surface area (Å²) in [7, 11) is -4.50. The Labute approximate surface area is 222 Å². The van der Waals surface area contributed by atoms with Crippen molar-refractivity contribution in [3.05, 3.63) is 12.2 Å². The number of rotatable bonds is 7. The Morgan fingerprint density at radius 1 is 1.03 bits per heavy atom. The van der Waals surface area contributed by atoms with Crippen molar-refractivity contribution in [3.8, 4) is 0 Å². The molecule has 0 heterocycles. The van der Waals surface area contributed by atoms with E-state index in [-0.39, 0.29) is 59.9 Å². The van der Waals surface area contributed by atoms with E-state index in [0.717, 1.165) is 12.8 Å². The first-order valence-corrected chi connectivity index (χ1v) is 15.5. The van der Waals surface area contributed by atoms with E-state index in [9.17, 15) is 28.8 Å². The van der Waals surface area contributed by atoms with Gasteiger partial charge in [-0.3, -0.25) is 4.55 Å². The molecule has 0 spiro atoms. The lowest BCUT2D eigenvalue weighted by atomic mass is 9.42. The molecular formula is C28H48O8S. The summed E-state index contributed by atoms with van der Waals surface area (Å²) in [4.78, 5) is 0. The SMILES string of the molecule is CC(C)C(C=CC(C)C1CC(O)C2C3CC(O)C4(O)CC(O)CCC4(C)C3CCC12C)COS(=O)(=O)O. The van der Waals surface area contributed by atoms with E-state index in [1.807, 2.05) is 19.9 Å². The van der Waals surface area contributed by atoms with Crippen molar-refractivity contribution in [2.45, 2.75) is 103 Å². The van der Waals surface area contributed by atoms with Crippen LogP contribution in [0.5, 0.6) is 0 Å². The van der Waals surface area contributed by atoms with Crippen molar-refractivity contribution in [2.24, 2.45) is 52.3 Å².